The van der Waals surface area contributed by atoms with Crippen molar-refractivity contribution in [3.05, 3.63) is 48.0 Å². The first-order valence-electron chi connectivity index (χ1n) is 7.50. The van der Waals surface area contributed by atoms with Gasteiger partial charge in [-0.05, 0) is 24.3 Å². The third-order valence-electron chi connectivity index (χ3n) is 3.58. The molecule has 2 aromatic rings. The molecule has 122 valence electrons. The number of ketones is 1. The van der Waals surface area contributed by atoms with E-state index >= 15 is 0 Å². The van der Waals surface area contributed by atoms with Gasteiger partial charge in [0.25, 0.3) is 0 Å². The summed E-state index contributed by atoms with van der Waals surface area (Å²) in [5, 5.41) is 2.81. The zero-order chi connectivity index (χ0) is 16.7. The van der Waals surface area contributed by atoms with Crippen molar-refractivity contribution in [2.75, 3.05) is 13.7 Å². The normalized spacial score (nSPS) is 10.3. The van der Waals surface area contributed by atoms with Crippen LogP contribution < -0.4 is 10.1 Å². The van der Waals surface area contributed by atoms with E-state index in [0.29, 0.717) is 24.3 Å². The monoisotopic (exact) mass is 315 g/mol. The smallest absolute Gasteiger partial charge is 0.220 e. The number of nitrogens with zero attached hydrogens (tertiary/aromatic N) is 2. The number of nitrogens with one attached hydrogen (secondary N) is 1. The number of Topliss-reactive ketones (excluding diaryl/α,β-unsaturated/α-hetero) is 1. The van der Waals surface area contributed by atoms with Crippen molar-refractivity contribution in [1.82, 2.24) is 14.9 Å². The first kappa shape index (κ1) is 16.7. The Morgan fingerprint density at radius 2 is 1.96 bits per heavy atom. The molecule has 0 fully saturated rings. The summed E-state index contributed by atoms with van der Waals surface area (Å²) >= 11 is 0. The van der Waals surface area contributed by atoms with Gasteiger partial charge in [-0.25, -0.2) is 4.98 Å². The van der Waals surface area contributed by atoms with Crippen LogP contribution in [-0.2, 0) is 18.3 Å². The van der Waals surface area contributed by atoms with Crippen LogP contribution >= 0.6 is 0 Å². The van der Waals surface area contributed by atoms with Gasteiger partial charge in [0.1, 0.15) is 11.6 Å². The van der Waals surface area contributed by atoms with Crippen molar-refractivity contribution in [3.63, 3.8) is 0 Å². The van der Waals surface area contributed by atoms with Gasteiger partial charge in [0.05, 0.1) is 7.11 Å². The SMILES string of the molecule is COc1ccc(C(=O)CCC(=O)NCCc2nccn2C)cc1. The summed E-state index contributed by atoms with van der Waals surface area (Å²) in [4.78, 5) is 28.0. The standard InChI is InChI=1S/C17H21N3O3/c1-20-12-11-18-16(20)9-10-19-17(22)8-7-15(21)13-3-5-14(23-2)6-4-13/h3-6,11-12H,7-10H2,1-2H3,(H,19,22). The minimum absolute atomic E-state index is 0.0492. The molecule has 0 atom stereocenters. The van der Waals surface area contributed by atoms with Gasteiger partial charge in [-0.2, -0.15) is 0 Å². The lowest BCUT2D eigenvalue weighted by Gasteiger charge is -2.06. The molecule has 6 heteroatoms. The predicted octanol–water partition coefficient (Wildman–Crippen LogP) is 1.75. The maximum absolute atomic E-state index is 12.0. The Morgan fingerprint density at radius 3 is 2.57 bits per heavy atom. The second kappa shape index (κ2) is 8.12. The number of hydrogen-bond acceptors (Lipinski definition) is 4. The predicted molar refractivity (Wildman–Crippen MR) is 86.5 cm³/mol. The van der Waals surface area contributed by atoms with Crippen LogP contribution in [0.2, 0.25) is 0 Å². The van der Waals surface area contributed by atoms with E-state index in [4.69, 9.17) is 4.74 Å². The number of methoxy groups -OCH3 is 1. The summed E-state index contributed by atoms with van der Waals surface area (Å²) in [5.41, 5.74) is 0.589. The molecule has 0 aliphatic carbocycles. The molecule has 0 aliphatic rings. The second-order valence-corrected chi connectivity index (χ2v) is 5.21. The molecule has 0 bridgehead atoms. The molecule has 0 spiro atoms. The second-order valence-electron chi connectivity index (χ2n) is 5.21. The lowest BCUT2D eigenvalue weighted by molar-refractivity contribution is -0.121. The molecular formula is C17H21N3O3. The fraction of sp³-hybridized carbons (Fsp3) is 0.353. The number of amides is 1. The van der Waals surface area contributed by atoms with E-state index < -0.39 is 0 Å². The van der Waals surface area contributed by atoms with E-state index in [9.17, 15) is 9.59 Å². The number of aryl methyl sites for hydroxylation is 1. The molecule has 1 amide bonds. The number of rotatable bonds is 8. The van der Waals surface area contributed by atoms with E-state index in [0.717, 1.165) is 5.82 Å². The van der Waals surface area contributed by atoms with Crippen molar-refractivity contribution in [2.24, 2.45) is 7.05 Å². The summed E-state index contributed by atoms with van der Waals surface area (Å²) in [7, 11) is 3.49. The Bertz CT molecular complexity index is 662. The maximum Gasteiger partial charge on any atom is 0.220 e. The molecule has 0 saturated heterocycles. The van der Waals surface area contributed by atoms with E-state index in [-0.39, 0.29) is 24.5 Å². The molecule has 1 aromatic carbocycles. The molecule has 0 unspecified atom stereocenters. The average Bonchev–Trinajstić information content (AvgIpc) is 2.98. The van der Waals surface area contributed by atoms with E-state index in [1.165, 1.54) is 0 Å². The van der Waals surface area contributed by atoms with Gasteiger partial charge in [0.2, 0.25) is 5.91 Å². The Labute approximate surface area is 135 Å². The quantitative estimate of drug-likeness (QED) is 0.753. The zero-order valence-corrected chi connectivity index (χ0v) is 13.4. The van der Waals surface area contributed by atoms with Crippen LogP contribution in [-0.4, -0.2) is 34.9 Å². The van der Waals surface area contributed by atoms with Gasteiger partial charge in [0.15, 0.2) is 5.78 Å². The van der Waals surface area contributed by atoms with Gasteiger partial charge in [0, 0.05) is 50.8 Å². The van der Waals surface area contributed by atoms with Crippen molar-refractivity contribution in [1.29, 1.82) is 0 Å². The fourth-order valence-electron chi connectivity index (χ4n) is 2.19. The van der Waals surface area contributed by atoms with Crippen LogP contribution in [0.5, 0.6) is 5.75 Å². The number of carbonyl (C=O) groups excluding carboxylic acids is 2. The Kier molecular flexibility index (Phi) is 5.91. The van der Waals surface area contributed by atoms with E-state index in [1.54, 1.807) is 37.6 Å². The zero-order valence-electron chi connectivity index (χ0n) is 13.4. The number of carbonyl (C=O) groups is 2. The summed E-state index contributed by atoms with van der Waals surface area (Å²) < 4.78 is 6.96. The van der Waals surface area contributed by atoms with Crippen LogP contribution in [0.3, 0.4) is 0 Å². The highest BCUT2D eigenvalue weighted by molar-refractivity contribution is 5.98. The van der Waals surface area contributed by atoms with Crippen molar-refractivity contribution in [2.45, 2.75) is 19.3 Å². The van der Waals surface area contributed by atoms with Crippen molar-refractivity contribution >= 4 is 11.7 Å². The minimum Gasteiger partial charge on any atom is -0.497 e. The maximum atomic E-state index is 12.0. The van der Waals surface area contributed by atoms with Crippen molar-refractivity contribution < 1.29 is 14.3 Å². The number of aromatic nitrogens is 2. The van der Waals surface area contributed by atoms with Crippen LogP contribution in [0.4, 0.5) is 0 Å². The molecule has 1 aromatic heterocycles. The summed E-state index contributed by atoms with van der Waals surface area (Å²) in [6, 6.07) is 6.89. The Hall–Kier alpha value is -2.63. The number of benzene rings is 1. The van der Waals surface area contributed by atoms with Gasteiger partial charge < -0.3 is 14.6 Å². The summed E-state index contributed by atoms with van der Waals surface area (Å²) in [5.74, 6) is 1.45. The third kappa shape index (κ3) is 4.95. The topological polar surface area (TPSA) is 73.2 Å². The minimum atomic E-state index is -0.124. The fourth-order valence-corrected chi connectivity index (χ4v) is 2.19. The summed E-state index contributed by atoms with van der Waals surface area (Å²) in [6.45, 7) is 0.514. The highest BCUT2D eigenvalue weighted by atomic mass is 16.5. The molecule has 0 aliphatic heterocycles. The van der Waals surface area contributed by atoms with Gasteiger partial charge >= 0.3 is 0 Å². The molecule has 1 N–H and O–H groups in total. The number of imidazole rings is 1. The molecular weight excluding hydrogens is 294 g/mol. The first-order chi connectivity index (χ1) is 11.1. The molecule has 2 rings (SSSR count). The molecule has 1 heterocycles. The number of hydrogen-bond donors (Lipinski definition) is 1. The molecule has 23 heavy (non-hydrogen) atoms. The highest BCUT2D eigenvalue weighted by Gasteiger charge is 2.09. The Balaban J connectivity index is 1.71. The average molecular weight is 315 g/mol. The lowest BCUT2D eigenvalue weighted by atomic mass is 10.1. The molecule has 6 nitrogen and oxygen atoms in total. The Morgan fingerprint density at radius 1 is 1.22 bits per heavy atom. The van der Waals surface area contributed by atoms with Crippen LogP contribution in [0.1, 0.15) is 29.0 Å². The van der Waals surface area contributed by atoms with Crippen molar-refractivity contribution in [3.8, 4) is 5.75 Å². The van der Waals surface area contributed by atoms with Gasteiger partial charge in [-0.1, -0.05) is 0 Å². The van der Waals surface area contributed by atoms with Gasteiger partial charge in [-0.3, -0.25) is 9.59 Å². The van der Waals surface area contributed by atoms with Crippen LogP contribution in [0.25, 0.3) is 0 Å². The number of ether oxygens (including phenoxy) is 1. The van der Waals surface area contributed by atoms with E-state index in [1.807, 2.05) is 17.8 Å². The first-order valence-corrected chi connectivity index (χ1v) is 7.50. The summed E-state index contributed by atoms with van der Waals surface area (Å²) in [6.07, 6.45) is 4.64. The van der Waals surface area contributed by atoms with E-state index in [2.05, 4.69) is 10.3 Å². The molecule has 0 radical (unpaired) electrons. The lowest BCUT2D eigenvalue weighted by Crippen LogP contribution is -2.26. The third-order valence-corrected chi connectivity index (χ3v) is 3.58. The highest BCUT2D eigenvalue weighted by Crippen LogP contribution is 2.13. The van der Waals surface area contributed by atoms with Gasteiger partial charge in [-0.15, -0.1) is 0 Å². The van der Waals surface area contributed by atoms with Crippen LogP contribution in [0.15, 0.2) is 36.7 Å². The largest absolute Gasteiger partial charge is 0.497 e. The van der Waals surface area contributed by atoms with Crippen LogP contribution in [0, 0.1) is 0 Å². The molecule has 0 saturated carbocycles.